The van der Waals surface area contributed by atoms with Gasteiger partial charge in [0.25, 0.3) is 11.5 Å². The molecule has 0 aliphatic heterocycles. The Balaban J connectivity index is 1.49. The molecular weight excluding hydrogens is 417 g/mol. The molecule has 0 saturated heterocycles. The summed E-state index contributed by atoms with van der Waals surface area (Å²) < 4.78 is 14.2. The number of benzene rings is 2. The van der Waals surface area contributed by atoms with Gasteiger partial charge in [-0.3, -0.25) is 14.2 Å². The van der Waals surface area contributed by atoms with Crippen LogP contribution in [0.15, 0.2) is 81.7 Å². The number of carbonyl (C=O) groups is 1. The van der Waals surface area contributed by atoms with Crippen LogP contribution in [0, 0.1) is 5.82 Å². The SMILES string of the molecule is O=C(NCc1sccc1-c1ccc(F)cc1)c1cc(=O)n(Cc2ccccc2)c(=O)[nH]1. The fourth-order valence-corrected chi connectivity index (χ4v) is 4.01. The zero-order chi connectivity index (χ0) is 21.8. The molecule has 31 heavy (non-hydrogen) atoms. The number of nitrogens with one attached hydrogen (secondary N) is 2. The summed E-state index contributed by atoms with van der Waals surface area (Å²) in [4.78, 5) is 40.7. The number of rotatable bonds is 6. The summed E-state index contributed by atoms with van der Waals surface area (Å²) in [7, 11) is 0. The lowest BCUT2D eigenvalue weighted by Gasteiger charge is -2.08. The van der Waals surface area contributed by atoms with Crippen molar-refractivity contribution in [3.8, 4) is 11.1 Å². The maximum Gasteiger partial charge on any atom is 0.329 e. The maximum atomic E-state index is 13.2. The van der Waals surface area contributed by atoms with Gasteiger partial charge < -0.3 is 10.3 Å². The average Bonchev–Trinajstić information content (AvgIpc) is 3.24. The first-order valence-corrected chi connectivity index (χ1v) is 10.4. The van der Waals surface area contributed by atoms with Crippen LogP contribution in [-0.4, -0.2) is 15.5 Å². The number of hydrogen-bond acceptors (Lipinski definition) is 4. The van der Waals surface area contributed by atoms with Crippen LogP contribution >= 0.6 is 11.3 Å². The number of halogens is 1. The molecule has 1 amide bonds. The lowest BCUT2D eigenvalue weighted by atomic mass is 10.1. The minimum atomic E-state index is -0.648. The first kappa shape index (κ1) is 20.5. The highest BCUT2D eigenvalue weighted by molar-refractivity contribution is 7.10. The predicted molar refractivity (Wildman–Crippen MR) is 118 cm³/mol. The topological polar surface area (TPSA) is 84.0 Å². The molecule has 0 radical (unpaired) electrons. The van der Waals surface area contributed by atoms with E-state index < -0.39 is 17.2 Å². The smallest absolute Gasteiger partial charge is 0.329 e. The van der Waals surface area contributed by atoms with Gasteiger partial charge in [-0.05, 0) is 40.3 Å². The zero-order valence-electron chi connectivity index (χ0n) is 16.3. The van der Waals surface area contributed by atoms with Crippen LogP contribution in [0.5, 0.6) is 0 Å². The molecule has 4 rings (SSSR count). The second-order valence-electron chi connectivity index (χ2n) is 6.85. The molecule has 0 atom stereocenters. The van der Waals surface area contributed by atoms with Crippen LogP contribution in [0.25, 0.3) is 11.1 Å². The average molecular weight is 435 g/mol. The zero-order valence-corrected chi connectivity index (χ0v) is 17.1. The molecule has 156 valence electrons. The van der Waals surface area contributed by atoms with Crippen molar-refractivity contribution in [3.63, 3.8) is 0 Å². The van der Waals surface area contributed by atoms with Crippen molar-refractivity contribution in [2.75, 3.05) is 0 Å². The van der Waals surface area contributed by atoms with E-state index in [0.29, 0.717) is 0 Å². The van der Waals surface area contributed by atoms with Gasteiger partial charge in [-0.1, -0.05) is 42.5 Å². The van der Waals surface area contributed by atoms with Gasteiger partial charge >= 0.3 is 5.69 Å². The van der Waals surface area contributed by atoms with E-state index in [4.69, 9.17) is 0 Å². The Morgan fingerprint density at radius 1 is 1.03 bits per heavy atom. The van der Waals surface area contributed by atoms with Crippen LogP contribution in [-0.2, 0) is 13.1 Å². The molecule has 2 heterocycles. The maximum absolute atomic E-state index is 13.2. The van der Waals surface area contributed by atoms with Crippen molar-refractivity contribution in [1.82, 2.24) is 14.9 Å². The van der Waals surface area contributed by atoms with Crippen LogP contribution in [0.2, 0.25) is 0 Å². The first-order chi connectivity index (χ1) is 15.0. The number of H-pyrrole nitrogens is 1. The van der Waals surface area contributed by atoms with Crippen LogP contribution in [0.3, 0.4) is 0 Å². The fourth-order valence-electron chi connectivity index (χ4n) is 3.18. The molecule has 2 N–H and O–H groups in total. The number of carbonyl (C=O) groups excluding carboxylic acids is 1. The van der Waals surface area contributed by atoms with Crippen molar-refractivity contribution in [2.45, 2.75) is 13.1 Å². The largest absolute Gasteiger partial charge is 0.346 e. The summed E-state index contributed by atoms with van der Waals surface area (Å²) in [6.07, 6.45) is 0. The third kappa shape index (κ3) is 4.70. The molecule has 0 fully saturated rings. The Bertz CT molecular complexity index is 1290. The van der Waals surface area contributed by atoms with E-state index in [-0.39, 0.29) is 24.6 Å². The standard InChI is InChI=1S/C23H18FN3O3S/c24-17-8-6-16(7-9-17)18-10-11-31-20(18)13-25-22(29)19-12-21(28)27(23(30)26-19)14-15-4-2-1-3-5-15/h1-12H,13-14H2,(H,25,29)(H,26,30). The lowest BCUT2D eigenvalue weighted by molar-refractivity contribution is 0.0945. The van der Waals surface area contributed by atoms with Gasteiger partial charge in [0.2, 0.25) is 0 Å². The molecule has 0 spiro atoms. The van der Waals surface area contributed by atoms with Crippen molar-refractivity contribution >= 4 is 17.2 Å². The van der Waals surface area contributed by atoms with Gasteiger partial charge in [0.05, 0.1) is 13.1 Å². The van der Waals surface area contributed by atoms with Crippen molar-refractivity contribution < 1.29 is 9.18 Å². The third-order valence-electron chi connectivity index (χ3n) is 4.76. The molecular formula is C23H18FN3O3S. The molecule has 0 saturated carbocycles. The minimum absolute atomic E-state index is 0.0980. The molecule has 2 aromatic carbocycles. The molecule has 0 unspecified atom stereocenters. The summed E-state index contributed by atoms with van der Waals surface area (Å²) >= 11 is 1.45. The van der Waals surface area contributed by atoms with E-state index in [1.54, 1.807) is 12.1 Å². The second kappa shape index (κ2) is 8.93. The van der Waals surface area contributed by atoms with Crippen LogP contribution < -0.4 is 16.6 Å². The van der Waals surface area contributed by atoms with Crippen LogP contribution in [0.4, 0.5) is 4.39 Å². The van der Waals surface area contributed by atoms with E-state index in [0.717, 1.165) is 32.2 Å². The number of amides is 1. The Labute approximate surface area is 180 Å². The molecule has 0 bridgehead atoms. The van der Waals surface area contributed by atoms with E-state index >= 15 is 0 Å². The van der Waals surface area contributed by atoms with E-state index in [9.17, 15) is 18.8 Å². The Morgan fingerprint density at radius 2 is 1.77 bits per heavy atom. The third-order valence-corrected chi connectivity index (χ3v) is 5.68. The quantitative estimate of drug-likeness (QED) is 0.487. The van der Waals surface area contributed by atoms with E-state index in [1.165, 1.54) is 23.5 Å². The molecule has 6 nitrogen and oxygen atoms in total. The molecule has 0 aliphatic rings. The highest BCUT2D eigenvalue weighted by Gasteiger charge is 2.13. The number of hydrogen-bond donors (Lipinski definition) is 2. The summed E-state index contributed by atoms with van der Waals surface area (Å²) in [6.45, 7) is 0.325. The summed E-state index contributed by atoms with van der Waals surface area (Å²) in [6, 6.07) is 18.2. The Hall–Kier alpha value is -3.78. The fraction of sp³-hybridized carbons (Fsp3) is 0.0870. The Kier molecular flexibility index (Phi) is 5.90. The van der Waals surface area contributed by atoms with Crippen molar-refractivity contribution in [1.29, 1.82) is 0 Å². The van der Waals surface area contributed by atoms with Gasteiger partial charge in [0.1, 0.15) is 11.5 Å². The normalized spacial score (nSPS) is 10.7. The first-order valence-electron chi connectivity index (χ1n) is 9.50. The van der Waals surface area contributed by atoms with Gasteiger partial charge in [-0.25, -0.2) is 9.18 Å². The molecule has 4 aromatic rings. The number of thiophene rings is 1. The Morgan fingerprint density at radius 3 is 2.48 bits per heavy atom. The summed E-state index contributed by atoms with van der Waals surface area (Å²) in [5.74, 6) is -0.876. The summed E-state index contributed by atoms with van der Waals surface area (Å²) in [5, 5.41) is 4.61. The van der Waals surface area contributed by atoms with Gasteiger partial charge in [-0.2, -0.15) is 0 Å². The second-order valence-corrected chi connectivity index (χ2v) is 7.85. The highest BCUT2D eigenvalue weighted by atomic mass is 32.1. The van der Waals surface area contributed by atoms with Gasteiger partial charge in [0, 0.05) is 10.9 Å². The minimum Gasteiger partial charge on any atom is -0.346 e. The number of aromatic amines is 1. The van der Waals surface area contributed by atoms with Crippen molar-refractivity contribution in [3.05, 3.63) is 115 Å². The van der Waals surface area contributed by atoms with Crippen molar-refractivity contribution in [2.24, 2.45) is 0 Å². The number of nitrogens with zero attached hydrogens (tertiary/aromatic N) is 1. The van der Waals surface area contributed by atoms with Gasteiger partial charge in [-0.15, -0.1) is 11.3 Å². The van der Waals surface area contributed by atoms with Crippen LogP contribution in [0.1, 0.15) is 20.9 Å². The molecule has 8 heteroatoms. The number of aromatic nitrogens is 2. The van der Waals surface area contributed by atoms with Gasteiger partial charge in [0.15, 0.2) is 0 Å². The molecule has 2 aromatic heterocycles. The highest BCUT2D eigenvalue weighted by Crippen LogP contribution is 2.28. The summed E-state index contributed by atoms with van der Waals surface area (Å²) in [5.41, 5.74) is 1.23. The monoisotopic (exact) mass is 435 g/mol. The van der Waals surface area contributed by atoms with E-state index in [1.807, 2.05) is 41.8 Å². The van der Waals surface area contributed by atoms with E-state index in [2.05, 4.69) is 10.3 Å². The molecule has 0 aliphatic carbocycles. The lowest BCUT2D eigenvalue weighted by Crippen LogP contribution is -2.38. The predicted octanol–water partition coefficient (Wildman–Crippen LogP) is 3.38.